The SMILES string of the molecule is COc1ccccc1Cc1ccc(C(=O)ONC(=O)c2cc(C3CCN(C)CC3)ccc2OCc2ccccc2)cc1. The van der Waals surface area contributed by atoms with Gasteiger partial charge in [0.2, 0.25) is 0 Å². The molecular weight excluding hydrogens is 528 g/mol. The van der Waals surface area contributed by atoms with E-state index in [4.69, 9.17) is 14.3 Å². The zero-order valence-corrected chi connectivity index (χ0v) is 24.0. The Morgan fingerprint density at radius 1 is 0.833 bits per heavy atom. The van der Waals surface area contributed by atoms with Gasteiger partial charge in [-0.15, -0.1) is 0 Å². The maximum absolute atomic E-state index is 13.3. The van der Waals surface area contributed by atoms with Crippen molar-refractivity contribution in [2.75, 3.05) is 27.2 Å². The van der Waals surface area contributed by atoms with Gasteiger partial charge in [0, 0.05) is 6.42 Å². The minimum atomic E-state index is -0.648. The first kappa shape index (κ1) is 28.9. The monoisotopic (exact) mass is 564 g/mol. The second kappa shape index (κ2) is 13.8. The Labute approximate surface area is 247 Å². The highest BCUT2D eigenvalue weighted by molar-refractivity contribution is 5.98. The van der Waals surface area contributed by atoms with Crippen molar-refractivity contribution in [3.63, 3.8) is 0 Å². The van der Waals surface area contributed by atoms with Gasteiger partial charge in [0.25, 0.3) is 5.91 Å². The summed E-state index contributed by atoms with van der Waals surface area (Å²) in [4.78, 5) is 33.7. The van der Waals surface area contributed by atoms with Crippen LogP contribution in [0, 0.1) is 0 Å². The number of hydroxylamine groups is 1. The summed E-state index contributed by atoms with van der Waals surface area (Å²) in [5, 5.41) is 0. The highest BCUT2D eigenvalue weighted by Crippen LogP contribution is 2.31. The lowest BCUT2D eigenvalue weighted by atomic mass is 9.88. The summed E-state index contributed by atoms with van der Waals surface area (Å²) in [6.07, 6.45) is 2.70. The van der Waals surface area contributed by atoms with E-state index >= 15 is 0 Å². The molecule has 0 unspecified atom stereocenters. The third-order valence-electron chi connectivity index (χ3n) is 7.69. The Morgan fingerprint density at radius 2 is 1.55 bits per heavy atom. The predicted octanol–water partition coefficient (Wildman–Crippen LogP) is 6.18. The lowest BCUT2D eigenvalue weighted by molar-refractivity contribution is 0.0228. The van der Waals surface area contributed by atoms with Crippen LogP contribution in [0.4, 0.5) is 0 Å². The molecule has 7 nitrogen and oxygen atoms in total. The fourth-order valence-electron chi connectivity index (χ4n) is 5.22. The summed E-state index contributed by atoms with van der Waals surface area (Å²) < 4.78 is 11.5. The van der Waals surface area contributed by atoms with Crippen molar-refractivity contribution < 1.29 is 23.9 Å². The first-order valence-corrected chi connectivity index (χ1v) is 14.2. The maximum Gasteiger partial charge on any atom is 0.362 e. The third-order valence-corrected chi connectivity index (χ3v) is 7.69. The van der Waals surface area contributed by atoms with Crippen LogP contribution in [0.3, 0.4) is 0 Å². The Kier molecular flexibility index (Phi) is 9.51. The second-order valence-corrected chi connectivity index (χ2v) is 10.6. The van der Waals surface area contributed by atoms with Gasteiger partial charge in [0.15, 0.2) is 0 Å². The molecular formula is C35H36N2O5. The zero-order chi connectivity index (χ0) is 29.3. The molecule has 1 amide bonds. The van der Waals surface area contributed by atoms with E-state index in [2.05, 4.69) is 17.4 Å². The van der Waals surface area contributed by atoms with Crippen molar-refractivity contribution in [2.24, 2.45) is 0 Å². The number of benzene rings is 4. The topological polar surface area (TPSA) is 77.1 Å². The summed E-state index contributed by atoms with van der Waals surface area (Å²) in [7, 11) is 3.77. The molecule has 1 fully saturated rings. The standard InChI is InChI=1S/C35H36N2O5/c1-37-20-18-27(19-21-37)29-16-17-33(41-24-26-8-4-3-5-9-26)31(23-29)34(38)36-42-35(39)28-14-12-25(13-15-28)22-30-10-6-7-11-32(30)40-2/h3-17,23,27H,18-22,24H2,1-2H3,(H,36,38). The van der Waals surface area contributed by atoms with Crippen LogP contribution in [-0.2, 0) is 17.9 Å². The molecule has 0 bridgehead atoms. The van der Waals surface area contributed by atoms with Crippen molar-refractivity contribution in [3.8, 4) is 11.5 Å². The zero-order valence-electron chi connectivity index (χ0n) is 24.0. The summed E-state index contributed by atoms with van der Waals surface area (Å²) >= 11 is 0. The molecule has 1 aliphatic heterocycles. The smallest absolute Gasteiger partial charge is 0.362 e. The van der Waals surface area contributed by atoms with Crippen LogP contribution in [0.15, 0.2) is 97.1 Å². The minimum Gasteiger partial charge on any atom is -0.496 e. The minimum absolute atomic E-state index is 0.315. The molecule has 4 aromatic rings. The largest absolute Gasteiger partial charge is 0.496 e. The number of carbonyl (C=O) groups excluding carboxylic acids is 2. The molecule has 7 heteroatoms. The van der Waals surface area contributed by atoms with Gasteiger partial charge < -0.3 is 19.2 Å². The average Bonchev–Trinajstić information content (AvgIpc) is 3.04. The molecule has 0 saturated carbocycles. The van der Waals surface area contributed by atoms with Gasteiger partial charge in [0.1, 0.15) is 18.1 Å². The van der Waals surface area contributed by atoms with E-state index in [1.807, 2.05) is 84.9 Å². The number of nitrogens with zero attached hydrogens (tertiary/aromatic N) is 1. The van der Waals surface area contributed by atoms with Crippen molar-refractivity contribution in [1.82, 2.24) is 10.4 Å². The van der Waals surface area contributed by atoms with Crippen LogP contribution in [0.25, 0.3) is 0 Å². The van der Waals surface area contributed by atoms with E-state index in [0.717, 1.165) is 53.9 Å². The highest BCUT2D eigenvalue weighted by Gasteiger charge is 2.22. The summed E-state index contributed by atoms with van der Waals surface area (Å²) in [6.45, 7) is 2.33. The van der Waals surface area contributed by atoms with Gasteiger partial charge in [-0.25, -0.2) is 4.79 Å². The van der Waals surface area contributed by atoms with Crippen LogP contribution in [-0.4, -0.2) is 44.0 Å². The number of piperidine rings is 1. The van der Waals surface area contributed by atoms with E-state index in [1.165, 1.54) is 0 Å². The van der Waals surface area contributed by atoms with E-state index in [0.29, 0.717) is 35.8 Å². The van der Waals surface area contributed by atoms with Gasteiger partial charge in [-0.2, -0.15) is 5.48 Å². The number of rotatable bonds is 9. The van der Waals surface area contributed by atoms with Crippen molar-refractivity contribution in [1.29, 1.82) is 0 Å². The molecule has 0 aromatic heterocycles. The van der Waals surface area contributed by atoms with Crippen LogP contribution in [0.5, 0.6) is 11.5 Å². The Hall–Kier alpha value is -4.62. The number of para-hydroxylation sites is 1. The lowest BCUT2D eigenvalue weighted by Crippen LogP contribution is -2.30. The molecule has 0 radical (unpaired) electrons. The molecule has 216 valence electrons. The number of carbonyl (C=O) groups is 2. The van der Waals surface area contributed by atoms with Gasteiger partial charge in [-0.05, 0) is 91.5 Å². The van der Waals surface area contributed by atoms with Gasteiger partial charge in [-0.3, -0.25) is 4.79 Å². The van der Waals surface area contributed by atoms with Crippen molar-refractivity contribution >= 4 is 11.9 Å². The summed E-state index contributed by atoms with van der Waals surface area (Å²) in [5.41, 5.74) is 7.16. The van der Waals surface area contributed by atoms with E-state index in [-0.39, 0.29) is 0 Å². The van der Waals surface area contributed by atoms with Gasteiger partial charge in [-0.1, -0.05) is 66.7 Å². The molecule has 5 rings (SSSR count). The Balaban J connectivity index is 1.26. The summed E-state index contributed by atoms with van der Waals surface area (Å²) in [6, 6.07) is 30.5. The number of hydrogen-bond acceptors (Lipinski definition) is 6. The van der Waals surface area contributed by atoms with Crippen LogP contribution < -0.4 is 15.0 Å². The molecule has 1 aliphatic rings. The molecule has 4 aromatic carbocycles. The number of nitrogens with one attached hydrogen (secondary N) is 1. The number of likely N-dealkylation sites (tertiary alicyclic amines) is 1. The van der Waals surface area contributed by atoms with Crippen LogP contribution >= 0.6 is 0 Å². The van der Waals surface area contributed by atoms with Crippen LogP contribution in [0.2, 0.25) is 0 Å². The first-order chi connectivity index (χ1) is 20.5. The first-order valence-electron chi connectivity index (χ1n) is 14.2. The van der Waals surface area contributed by atoms with E-state index in [9.17, 15) is 9.59 Å². The fraction of sp³-hybridized carbons (Fsp3) is 0.257. The molecule has 1 heterocycles. The lowest BCUT2D eigenvalue weighted by Gasteiger charge is -2.29. The number of hydrogen-bond donors (Lipinski definition) is 1. The average molecular weight is 565 g/mol. The van der Waals surface area contributed by atoms with Crippen LogP contribution in [0.1, 0.15) is 61.7 Å². The third kappa shape index (κ3) is 7.36. The molecule has 42 heavy (non-hydrogen) atoms. The molecule has 1 saturated heterocycles. The quantitative estimate of drug-likeness (QED) is 0.245. The van der Waals surface area contributed by atoms with Gasteiger partial charge >= 0.3 is 5.97 Å². The van der Waals surface area contributed by atoms with Crippen molar-refractivity contribution in [3.05, 3.63) is 130 Å². The van der Waals surface area contributed by atoms with Gasteiger partial charge in [0.05, 0.1) is 18.2 Å². The highest BCUT2D eigenvalue weighted by atomic mass is 16.7. The predicted molar refractivity (Wildman–Crippen MR) is 162 cm³/mol. The number of methoxy groups -OCH3 is 1. The summed E-state index contributed by atoms with van der Waals surface area (Å²) in [5.74, 6) is 0.424. The number of amides is 1. The van der Waals surface area contributed by atoms with E-state index < -0.39 is 11.9 Å². The fourth-order valence-corrected chi connectivity index (χ4v) is 5.22. The molecule has 0 spiro atoms. The van der Waals surface area contributed by atoms with E-state index in [1.54, 1.807) is 19.2 Å². The maximum atomic E-state index is 13.3. The second-order valence-electron chi connectivity index (χ2n) is 10.6. The number of ether oxygens (including phenoxy) is 2. The molecule has 1 N–H and O–H groups in total. The normalized spacial score (nSPS) is 13.8. The Bertz CT molecular complexity index is 1500. The molecule has 0 aliphatic carbocycles. The Morgan fingerprint density at radius 3 is 2.29 bits per heavy atom. The van der Waals surface area contributed by atoms with Crippen molar-refractivity contribution in [2.45, 2.75) is 31.8 Å². The molecule has 0 atom stereocenters.